The van der Waals surface area contributed by atoms with E-state index < -0.39 is 0 Å². The van der Waals surface area contributed by atoms with Crippen LogP contribution in [0.5, 0.6) is 11.5 Å². The summed E-state index contributed by atoms with van der Waals surface area (Å²) in [4.78, 5) is 11.5. The van der Waals surface area contributed by atoms with Crippen LogP contribution in [0.4, 0.5) is 0 Å². The first kappa shape index (κ1) is 17.6. The predicted molar refractivity (Wildman–Crippen MR) is 95.4 cm³/mol. The molecule has 0 heterocycles. The molecule has 0 aliphatic carbocycles. The van der Waals surface area contributed by atoms with Crippen LogP contribution in [-0.4, -0.2) is 27.3 Å². The lowest BCUT2D eigenvalue weighted by Crippen LogP contribution is -1.99. The van der Waals surface area contributed by atoms with Crippen LogP contribution in [0.15, 0.2) is 42.5 Å². The number of esters is 1. The minimum absolute atomic E-state index is 0.389. The van der Waals surface area contributed by atoms with Gasteiger partial charge in [-0.2, -0.15) is 0 Å². The standard InChI is InChI=1S/C20H22O4/c1-13-8-6-7-9-16(13)17-11-15(14(2)10-19(21)23-4)12-18(22-3)20(17)24-5/h6-12H,1-5H3/b14-10+. The fourth-order valence-electron chi connectivity index (χ4n) is 2.59. The van der Waals surface area contributed by atoms with E-state index in [1.165, 1.54) is 13.2 Å². The van der Waals surface area contributed by atoms with Crippen molar-refractivity contribution in [2.45, 2.75) is 13.8 Å². The largest absolute Gasteiger partial charge is 0.493 e. The van der Waals surface area contributed by atoms with Crippen LogP contribution < -0.4 is 9.47 Å². The second-order valence-corrected chi connectivity index (χ2v) is 5.42. The lowest BCUT2D eigenvalue weighted by molar-refractivity contribution is -0.134. The van der Waals surface area contributed by atoms with Crippen molar-refractivity contribution in [3.63, 3.8) is 0 Å². The molecule has 2 aromatic rings. The molecule has 0 bridgehead atoms. The van der Waals surface area contributed by atoms with E-state index in [1.54, 1.807) is 14.2 Å². The molecule has 0 N–H and O–H groups in total. The van der Waals surface area contributed by atoms with Gasteiger partial charge in [-0.3, -0.25) is 0 Å². The number of ether oxygens (including phenoxy) is 3. The summed E-state index contributed by atoms with van der Waals surface area (Å²) in [5.74, 6) is 0.895. The van der Waals surface area contributed by atoms with Gasteiger partial charge < -0.3 is 14.2 Å². The highest BCUT2D eigenvalue weighted by Crippen LogP contribution is 2.41. The summed E-state index contributed by atoms with van der Waals surface area (Å²) in [5, 5.41) is 0. The molecule has 0 amide bonds. The Balaban J connectivity index is 2.69. The topological polar surface area (TPSA) is 44.8 Å². The van der Waals surface area contributed by atoms with Gasteiger partial charge in [-0.25, -0.2) is 4.79 Å². The molecule has 126 valence electrons. The first-order valence-corrected chi connectivity index (χ1v) is 7.60. The molecule has 0 saturated carbocycles. The summed E-state index contributed by atoms with van der Waals surface area (Å²) in [6.07, 6.45) is 1.46. The summed E-state index contributed by atoms with van der Waals surface area (Å²) in [6, 6.07) is 11.9. The number of methoxy groups -OCH3 is 3. The van der Waals surface area contributed by atoms with Crippen LogP contribution in [0.25, 0.3) is 16.7 Å². The Morgan fingerprint density at radius 2 is 1.71 bits per heavy atom. The van der Waals surface area contributed by atoms with Crippen LogP contribution >= 0.6 is 0 Å². The number of carbonyl (C=O) groups is 1. The van der Waals surface area contributed by atoms with Gasteiger partial charge >= 0.3 is 5.97 Å². The molecule has 2 aromatic carbocycles. The second-order valence-electron chi connectivity index (χ2n) is 5.42. The minimum atomic E-state index is -0.389. The van der Waals surface area contributed by atoms with E-state index in [4.69, 9.17) is 14.2 Å². The first-order valence-electron chi connectivity index (χ1n) is 7.60. The number of hydrogen-bond acceptors (Lipinski definition) is 4. The van der Waals surface area contributed by atoms with Crippen molar-refractivity contribution in [2.75, 3.05) is 21.3 Å². The number of carbonyl (C=O) groups excluding carboxylic acids is 1. The van der Waals surface area contributed by atoms with Crippen molar-refractivity contribution in [1.29, 1.82) is 0 Å². The molecule has 0 aliphatic heterocycles. The van der Waals surface area contributed by atoms with Crippen molar-refractivity contribution >= 4 is 11.5 Å². The molecular formula is C20H22O4. The monoisotopic (exact) mass is 326 g/mol. The zero-order valence-corrected chi connectivity index (χ0v) is 14.7. The number of benzene rings is 2. The van der Waals surface area contributed by atoms with Gasteiger partial charge in [-0.15, -0.1) is 0 Å². The van der Waals surface area contributed by atoms with Crippen LogP contribution in [0.3, 0.4) is 0 Å². The van der Waals surface area contributed by atoms with E-state index in [1.807, 2.05) is 50.2 Å². The minimum Gasteiger partial charge on any atom is -0.493 e. The number of rotatable bonds is 5. The van der Waals surface area contributed by atoms with E-state index in [0.29, 0.717) is 11.5 Å². The molecule has 0 spiro atoms. The molecule has 0 fully saturated rings. The lowest BCUT2D eigenvalue weighted by Gasteiger charge is -2.17. The molecule has 2 rings (SSSR count). The smallest absolute Gasteiger partial charge is 0.330 e. The molecule has 24 heavy (non-hydrogen) atoms. The second kappa shape index (κ2) is 7.68. The van der Waals surface area contributed by atoms with Gasteiger partial charge in [0.2, 0.25) is 0 Å². The lowest BCUT2D eigenvalue weighted by atomic mass is 9.95. The number of hydrogen-bond donors (Lipinski definition) is 0. The Morgan fingerprint density at radius 3 is 2.29 bits per heavy atom. The fourth-order valence-corrected chi connectivity index (χ4v) is 2.59. The Hall–Kier alpha value is -2.75. The SMILES string of the molecule is COC(=O)/C=C(\C)c1cc(OC)c(OC)c(-c2ccccc2C)c1. The Bertz CT molecular complexity index is 775. The van der Waals surface area contributed by atoms with Crippen LogP contribution in [0.2, 0.25) is 0 Å². The van der Waals surface area contributed by atoms with E-state index in [2.05, 4.69) is 0 Å². The van der Waals surface area contributed by atoms with E-state index in [0.717, 1.165) is 27.8 Å². The molecule has 0 aromatic heterocycles. The fraction of sp³-hybridized carbons (Fsp3) is 0.250. The summed E-state index contributed by atoms with van der Waals surface area (Å²) in [7, 11) is 4.58. The maximum Gasteiger partial charge on any atom is 0.330 e. The van der Waals surface area contributed by atoms with Crippen LogP contribution in [0.1, 0.15) is 18.1 Å². The summed E-state index contributed by atoms with van der Waals surface area (Å²) in [6.45, 7) is 3.91. The summed E-state index contributed by atoms with van der Waals surface area (Å²) in [5.41, 5.74) is 4.77. The third-order valence-corrected chi connectivity index (χ3v) is 3.91. The van der Waals surface area contributed by atoms with Crippen molar-refractivity contribution in [1.82, 2.24) is 0 Å². The van der Waals surface area contributed by atoms with Gasteiger partial charge in [0, 0.05) is 11.6 Å². The van der Waals surface area contributed by atoms with Crippen LogP contribution in [-0.2, 0) is 9.53 Å². The quantitative estimate of drug-likeness (QED) is 0.608. The average molecular weight is 326 g/mol. The van der Waals surface area contributed by atoms with Gasteiger partial charge in [0.1, 0.15) is 0 Å². The molecule has 0 saturated heterocycles. The molecule has 0 atom stereocenters. The normalized spacial score (nSPS) is 11.1. The van der Waals surface area contributed by atoms with Gasteiger partial charge in [0.25, 0.3) is 0 Å². The van der Waals surface area contributed by atoms with E-state index >= 15 is 0 Å². The van der Waals surface area contributed by atoms with E-state index in [-0.39, 0.29) is 5.97 Å². The molecule has 0 unspecified atom stereocenters. The maximum absolute atomic E-state index is 11.5. The summed E-state index contributed by atoms with van der Waals surface area (Å²) < 4.78 is 15.8. The molecular weight excluding hydrogens is 304 g/mol. The Labute approximate surface area is 142 Å². The Morgan fingerprint density at radius 1 is 1.00 bits per heavy atom. The highest BCUT2D eigenvalue weighted by atomic mass is 16.5. The van der Waals surface area contributed by atoms with Gasteiger partial charge in [0.05, 0.1) is 21.3 Å². The Kier molecular flexibility index (Phi) is 5.64. The molecule has 0 aliphatic rings. The maximum atomic E-state index is 11.5. The predicted octanol–water partition coefficient (Wildman–Crippen LogP) is 4.26. The summed E-state index contributed by atoms with van der Waals surface area (Å²) >= 11 is 0. The highest BCUT2D eigenvalue weighted by molar-refractivity contribution is 5.92. The third-order valence-electron chi connectivity index (χ3n) is 3.91. The zero-order chi connectivity index (χ0) is 17.7. The molecule has 4 nitrogen and oxygen atoms in total. The van der Waals surface area contributed by atoms with E-state index in [9.17, 15) is 4.79 Å². The highest BCUT2D eigenvalue weighted by Gasteiger charge is 2.16. The number of allylic oxidation sites excluding steroid dienone is 1. The first-order chi connectivity index (χ1) is 11.5. The average Bonchev–Trinajstić information content (AvgIpc) is 2.60. The van der Waals surface area contributed by atoms with Crippen molar-refractivity contribution in [3.8, 4) is 22.6 Å². The van der Waals surface area contributed by atoms with Gasteiger partial charge in [-0.05, 0) is 48.2 Å². The third kappa shape index (κ3) is 3.59. The number of aryl methyl sites for hydroxylation is 1. The molecule has 0 radical (unpaired) electrons. The molecule has 4 heteroatoms. The van der Waals surface area contributed by atoms with Gasteiger partial charge in [-0.1, -0.05) is 24.3 Å². The van der Waals surface area contributed by atoms with Crippen molar-refractivity contribution < 1.29 is 19.0 Å². The van der Waals surface area contributed by atoms with Crippen molar-refractivity contribution in [2.24, 2.45) is 0 Å². The van der Waals surface area contributed by atoms with Gasteiger partial charge in [0.15, 0.2) is 11.5 Å². The van der Waals surface area contributed by atoms with Crippen molar-refractivity contribution in [3.05, 3.63) is 53.6 Å². The van der Waals surface area contributed by atoms with Crippen LogP contribution in [0, 0.1) is 6.92 Å². The zero-order valence-electron chi connectivity index (χ0n) is 14.7.